The van der Waals surface area contributed by atoms with Gasteiger partial charge in [-0.1, -0.05) is 0 Å². The third-order valence-corrected chi connectivity index (χ3v) is 2.64. The molecule has 2 aliphatic rings. The summed E-state index contributed by atoms with van der Waals surface area (Å²) in [5.41, 5.74) is 0. The van der Waals surface area contributed by atoms with Crippen molar-refractivity contribution in [3.8, 4) is 0 Å². The van der Waals surface area contributed by atoms with Crippen molar-refractivity contribution >= 4 is 5.91 Å². The summed E-state index contributed by atoms with van der Waals surface area (Å²) in [6.45, 7) is 2.54. The van der Waals surface area contributed by atoms with Gasteiger partial charge < -0.3 is 9.64 Å². The van der Waals surface area contributed by atoms with Crippen LogP contribution in [0.25, 0.3) is 0 Å². The molecule has 2 fully saturated rings. The van der Waals surface area contributed by atoms with Gasteiger partial charge in [-0.15, -0.1) is 0 Å². The van der Waals surface area contributed by atoms with Crippen molar-refractivity contribution in [2.75, 3.05) is 26.3 Å². The molecule has 74 valence electrons. The highest BCUT2D eigenvalue weighted by Gasteiger charge is 2.34. The highest BCUT2D eigenvalue weighted by Crippen LogP contribution is 2.18. The Morgan fingerprint density at radius 2 is 2.31 bits per heavy atom. The van der Waals surface area contributed by atoms with Gasteiger partial charge in [0.2, 0.25) is 5.91 Å². The van der Waals surface area contributed by atoms with Gasteiger partial charge in [0.1, 0.15) is 0 Å². The van der Waals surface area contributed by atoms with Crippen LogP contribution in [-0.2, 0) is 14.4 Å². The predicted molar refractivity (Wildman–Crippen MR) is 44.6 cm³/mol. The summed E-state index contributed by atoms with van der Waals surface area (Å²) >= 11 is 0. The van der Waals surface area contributed by atoms with Gasteiger partial charge in [0, 0.05) is 13.1 Å². The van der Waals surface area contributed by atoms with Crippen LogP contribution in [0.2, 0.25) is 0 Å². The maximum absolute atomic E-state index is 11.6. The Kier molecular flexibility index (Phi) is 2.48. The van der Waals surface area contributed by atoms with Crippen LogP contribution < -0.4 is 5.90 Å². The van der Waals surface area contributed by atoms with E-state index in [2.05, 4.69) is 0 Å². The van der Waals surface area contributed by atoms with Crippen LogP contribution in [0.4, 0.5) is 0 Å². The number of likely N-dealkylation sites (tertiary alicyclic amines) is 1. The highest BCUT2D eigenvalue weighted by molar-refractivity contribution is 5.80. The highest BCUT2D eigenvalue weighted by atomic mass is 16.6. The molecule has 2 rings (SSSR count). The van der Waals surface area contributed by atoms with Crippen molar-refractivity contribution in [2.24, 2.45) is 11.8 Å². The fraction of sp³-hybridized carbons (Fsp3) is 0.875. The number of hydrogen-bond donors (Lipinski definition) is 1. The molecule has 0 saturated carbocycles. The molecule has 0 radical (unpaired) electrons. The average Bonchev–Trinajstić information content (AvgIpc) is 2.48. The Labute approximate surface area is 76.7 Å². The first-order valence-corrected chi connectivity index (χ1v) is 4.53. The van der Waals surface area contributed by atoms with E-state index in [4.69, 9.17) is 15.5 Å². The number of carbonyl (C=O) groups is 1. The molecule has 13 heavy (non-hydrogen) atoms. The predicted octanol–water partition coefficient (Wildman–Crippen LogP) is -0.876. The zero-order chi connectivity index (χ0) is 9.26. The summed E-state index contributed by atoms with van der Waals surface area (Å²) in [6.07, 6.45) is 0.862. The van der Waals surface area contributed by atoms with Gasteiger partial charge in [-0.05, 0) is 6.42 Å². The molecule has 0 aromatic heterocycles. The minimum Gasteiger partial charge on any atom is -0.380 e. The Morgan fingerprint density at radius 3 is 2.77 bits per heavy atom. The summed E-state index contributed by atoms with van der Waals surface area (Å²) < 4.78 is 4.97. The number of hydrogen-bond acceptors (Lipinski definition) is 4. The van der Waals surface area contributed by atoms with Gasteiger partial charge in [-0.2, -0.15) is 0 Å². The van der Waals surface area contributed by atoms with Gasteiger partial charge in [-0.3, -0.25) is 9.63 Å². The van der Waals surface area contributed by atoms with E-state index in [1.807, 2.05) is 4.90 Å². The minimum absolute atomic E-state index is 0.0185. The fourth-order valence-electron chi connectivity index (χ4n) is 1.68. The standard InChI is InChI=1S/C8H14N2O3/c9-13-7-1-2-10(3-7)8(11)6-4-12-5-6/h6-7H,1-5,9H2/t7-/m0/s1. The number of carbonyl (C=O) groups excluding carboxylic acids is 1. The van der Waals surface area contributed by atoms with Crippen LogP contribution in [-0.4, -0.2) is 43.2 Å². The van der Waals surface area contributed by atoms with Crippen LogP contribution in [0, 0.1) is 5.92 Å². The first-order valence-electron chi connectivity index (χ1n) is 4.53. The summed E-state index contributed by atoms with van der Waals surface area (Å²) in [4.78, 5) is 18.1. The van der Waals surface area contributed by atoms with Gasteiger partial charge in [-0.25, -0.2) is 5.90 Å². The maximum Gasteiger partial charge on any atom is 0.230 e. The number of amides is 1. The molecule has 2 N–H and O–H groups in total. The Hall–Kier alpha value is -0.650. The molecule has 1 atom stereocenters. The molecule has 5 nitrogen and oxygen atoms in total. The molecule has 2 aliphatic heterocycles. The fourth-order valence-corrected chi connectivity index (χ4v) is 1.68. The molecule has 0 aromatic rings. The normalized spacial score (nSPS) is 29.0. The van der Waals surface area contributed by atoms with Gasteiger partial charge in [0.05, 0.1) is 25.2 Å². The van der Waals surface area contributed by atoms with Crippen LogP contribution >= 0.6 is 0 Å². The quantitative estimate of drug-likeness (QED) is 0.569. The molecule has 1 amide bonds. The first kappa shape index (κ1) is 8.93. The van der Waals surface area contributed by atoms with Crippen LogP contribution in [0.5, 0.6) is 0 Å². The smallest absolute Gasteiger partial charge is 0.230 e. The molecular formula is C8H14N2O3. The largest absolute Gasteiger partial charge is 0.380 e. The summed E-state index contributed by atoms with van der Waals surface area (Å²) in [5, 5.41) is 0. The second-order valence-corrected chi connectivity index (χ2v) is 3.57. The lowest BCUT2D eigenvalue weighted by molar-refractivity contribution is -0.149. The van der Waals surface area contributed by atoms with Crippen molar-refractivity contribution < 1.29 is 14.4 Å². The van der Waals surface area contributed by atoms with Crippen LogP contribution in [0.15, 0.2) is 0 Å². The summed E-state index contributed by atoms with van der Waals surface area (Å²) in [6, 6.07) is 0. The van der Waals surface area contributed by atoms with E-state index >= 15 is 0 Å². The molecule has 0 unspecified atom stereocenters. The summed E-state index contributed by atoms with van der Waals surface area (Å²) in [7, 11) is 0. The van der Waals surface area contributed by atoms with Crippen molar-refractivity contribution in [1.29, 1.82) is 0 Å². The van der Waals surface area contributed by atoms with E-state index in [1.165, 1.54) is 0 Å². The van der Waals surface area contributed by atoms with Crippen molar-refractivity contribution in [3.05, 3.63) is 0 Å². The number of nitrogens with two attached hydrogens (primary N) is 1. The lowest BCUT2D eigenvalue weighted by atomic mass is 10.1. The molecule has 2 saturated heterocycles. The van der Waals surface area contributed by atoms with Gasteiger partial charge >= 0.3 is 0 Å². The molecule has 5 heteroatoms. The van der Waals surface area contributed by atoms with Gasteiger partial charge in [0.15, 0.2) is 0 Å². The van der Waals surface area contributed by atoms with E-state index in [0.29, 0.717) is 19.8 Å². The zero-order valence-electron chi connectivity index (χ0n) is 7.44. The van der Waals surface area contributed by atoms with E-state index in [1.54, 1.807) is 0 Å². The third-order valence-electron chi connectivity index (χ3n) is 2.64. The molecule has 2 heterocycles. The lowest BCUT2D eigenvalue weighted by Crippen LogP contribution is -2.44. The van der Waals surface area contributed by atoms with Crippen molar-refractivity contribution in [3.63, 3.8) is 0 Å². The van der Waals surface area contributed by atoms with E-state index in [9.17, 15) is 4.79 Å². The maximum atomic E-state index is 11.6. The number of rotatable bonds is 2. The molecule has 0 spiro atoms. The van der Waals surface area contributed by atoms with Crippen molar-refractivity contribution in [2.45, 2.75) is 12.5 Å². The van der Waals surface area contributed by atoms with E-state index in [0.717, 1.165) is 13.0 Å². The third kappa shape index (κ3) is 1.67. The lowest BCUT2D eigenvalue weighted by Gasteiger charge is -2.29. The molecule has 0 bridgehead atoms. The van der Waals surface area contributed by atoms with Crippen LogP contribution in [0.1, 0.15) is 6.42 Å². The SMILES string of the molecule is NO[C@H]1CCN(C(=O)C2COC2)C1. The minimum atomic E-state index is 0.0185. The topological polar surface area (TPSA) is 64.8 Å². The Balaban J connectivity index is 1.84. The zero-order valence-corrected chi connectivity index (χ0v) is 7.44. The van der Waals surface area contributed by atoms with E-state index in [-0.39, 0.29) is 17.9 Å². The van der Waals surface area contributed by atoms with Gasteiger partial charge in [0.25, 0.3) is 0 Å². The van der Waals surface area contributed by atoms with E-state index < -0.39 is 0 Å². The average molecular weight is 186 g/mol. The monoisotopic (exact) mass is 186 g/mol. The molecular weight excluding hydrogens is 172 g/mol. The number of nitrogens with zero attached hydrogens (tertiary/aromatic N) is 1. The Morgan fingerprint density at radius 1 is 1.54 bits per heavy atom. The second kappa shape index (κ2) is 3.61. The molecule has 0 aromatic carbocycles. The van der Waals surface area contributed by atoms with Crippen LogP contribution in [0.3, 0.4) is 0 Å². The second-order valence-electron chi connectivity index (χ2n) is 3.57. The van der Waals surface area contributed by atoms with Crippen molar-refractivity contribution in [1.82, 2.24) is 4.90 Å². The Bertz CT molecular complexity index is 206. The molecule has 0 aliphatic carbocycles. The first-order chi connectivity index (χ1) is 6.31. The number of ether oxygens (including phenoxy) is 1. The summed E-state index contributed by atoms with van der Waals surface area (Å²) in [5.74, 6) is 5.32.